The van der Waals surface area contributed by atoms with Crippen LogP contribution >= 0.6 is 11.3 Å². The molecular weight excluding hydrogens is 206 g/mol. The molecule has 0 unspecified atom stereocenters. The predicted octanol–water partition coefficient (Wildman–Crippen LogP) is 2.70. The number of hydrogen-bond donors (Lipinski definition) is 0. The van der Waals surface area contributed by atoms with Gasteiger partial charge in [0.05, 0.1) is 5.69 Å². The van der Waals surface area contributed by atoms with Crippen molar-refractivity contribution in [2.75, 3.05) is 18.0 Å². The fourth-order valence-electron chi connectivity index (χ4n) is 1.88. The van der Waals surface area contributed by atoms with Crippen LogP contribution in [0.15, 0.2) is 0 Å². The molecule has 1 aliphatic heterocycles. The third-order valence-electron chi connectivity index (χ3n) is 2.76. The minimum atomic E-state index is 0.759. The molecule has 0 bridgehead atoms. The Balaban J connectivity index is 2.17. The number of nitrogens with zero attached hydrogens (tertiary/aromatic N) is 3. The van der Waals surface area contributed by atoms with Gasteiger partial charge in [-0.3, -0.25) is 0 Å². The van der Waals surface area contributed by atoms with E-state index in [1.807, 2.05) is 6.92 Å². The van der Waals surface area contributed by atoms with Crippen molar-refractivity contribution in [2.45, 2.75) is 32.6 Å². The van der Waals surface area contributed by atoms with Gasteiger partial charge >= 0.3 is 0 Å². The Morgan fingerprint density at radius 2 is 1.93 bits per heavy atom. The van der Waals surface area contributed by atoms with Crippen LogP contribution in [0.5, 0.6) is 0 Å². The maximum Gasteiger partial charge on any atom is 0.186 e. The molecule has 1 saturated heterocycles. The van der Waals surface area contributed by atoms with E-state index in [4.69, 9.17) is 5.26 Å². The molecule has 0 spiro atoms. The second-order valence-electron chi connectivity index (χ2n) is 3.92. The first-order chi connectivity index (χ1) is 7.31. The number of aryl methyl sites for hydroxylation is 1. The molecule has 0 atom stereocenters. The van der Waals surface area contributed by atoms with Crippen molar-refractivity contribution in [3.63, 3.8) is 0 Å². The van der Waals surface area contributed by atoms with Crippen LogP contribution in [0.1, 0.15) is 36.3 Å². The van der Waals surface area contributed by atoms with Crippen molar-refractivity contribution >= 4 is 16.5 Å². The van der Waals surface area contributed by atoms with Gasteiger partial charge in [-0.15, -0.1) is 0 Å². The average Bonchev–Trinajstić information content (AvgIpc) is 2.48. The zero-order valence-electron chi connectivity index (χ0n) is 8.99. The molecule has 0 radical (unpaired) electrons. The maximum absolute atomic E-state index is 8.89. The average molecular weight is 221 g/mol. The van der Waals surface area contributed by atoms with Crippen molar-refractivity contribution in [1.82, 2.24) is 4.98 Å². The highest BCUT2D eigenvalue weighted by molar-refractivity contribution is 7.16. The van der Waals surface area contributed by atoms with E-state index in [-0.39, 0.29) is 0 Å². The fourth-order valence-corrected chi connectivity index (χ4v) is 2.80. The van der Waals surface area contributed by atoms with E-state index in [0.29, 0.717) is 0 Å². The Labute approximate surface area is 94.4 Å². The highest BCUT2D eigenvalue weighted by Gasteiger charge is 2.15. The minimum absolute atomic E-state index is 0.759. The number of nitriles is 1. The summed E-state index contributed by atoms with van der Waals surface area (Å²) in [5.74, 6) is 0. The normalized spacial score (nSPS) is 17.2. The summed E-state index contributed by atoms with van der Waals surface area (Å²) >= 11 is 1.53. The van der Waals surface area contributed by atoms with Gasteiger partial charge in [0, 0.05) is 13.1 Å². The summed E-state index contributed by atoms with van der Waals surface area (Å²) in [7, 11) is 0. The van der Waals surface area contributed by atoms with E-state index >= 15 is 0 Å². The number of rotatable bonds is 1. The summed E-state index contributed by atoms with van der Waals surface area (Å²) in [6, 6.07) is 2.20. The lowest BCUT2D eigenvalue weighted by Crippen LogP contribution is -2.23. The van der Waals surface area contributed by atoms with Crippen LogP contribution in [0.4, 0.5) is 5.13 Å². The minimum Gasteiger partial charge on any atom is -0.348 e. The summed E-state index contributed by atoms with van der Waals surface area (Å²) in [5, 5.41) is 9.92. The Morgan fingerprint density at radius 3 is 2.47 bits per heavy atom. The van der Waals surface area contributed by atoms with Crippen LogP contribution in [-0.4, -0.2) is 18.1 Å². The lowest BCUT2D eigenvalue weighted by atomic mass is 10.2. The maximum atomic E-state index is 8.89. The van der Waals surface area contributed by atoms with Crippen molar-refractivity contribution in [3.8, 4) is 6.07 Å². The van der Waals surface area contributed by atoms with E-state index in [0.717, 1.165) is 28.8 Å². The molecule has 15 heavy (non-hydrogen) atoms. The first kappa shape index (κ1) is 10.4. The van der Waals surface area contributed by atoms with Crippen molar-refractivity contribution in [2.24, 2.45) is 0 Å². The van der Waals surface area contributed by atoms with E-state index in [9.17, 15) is 0 Å². The summed E-state index contributed by atoms with van der Waals surface area (Å²) in [6.45, 7) is 4.10. The molecule has 3 nitrogen and oxygen atoms in total. The quantitative estimate of drug-likeness (QED) is 0.732. The Bertz CT molecular complexity index is 370. The van der Waals surface area contributed by atoms with Gasteiger partial charge in [-0.05, 0) is 19.8 Å². The Kier molecular flexibility index (Phi) is 3.22. The lowest BCUT2D eigenvalue weighted by Gasteiger charge is -2.18. The zero-order valence-corrected chi connectivity index (χ0v) is 9.81. The molecule has 0 saturated carbocycles. The molecule has 0 amide bonds. The van der Waals surface area contributed by atoms with Crippen LogP contribution < -0.4 is 4.90 Å². The van der Waals surface area contributed by atoms with Crippen molar-refractivity contribution in [1.29, 1.82) is 5.26 Å². The molecular formula is C11H15N3S. The predicted molar refractivity (Wildman–Crippen MR) is 62.2 cm³/mol. The summed E-state index contributed by atoms with van der Waals surface area (Å²) in [4.78, 5) is 7.55. The van der Waals surface area contributed by atoms with Gasteiger partial charge in [-0.1, -0.05) is 24.2 Å². The molecule has 80 valence electrons. The van der Waals surface area contributed by atoms with Crippen LogP contribution in [0.2, 0.25) is 0 Å². The molecule has 4 heteroatoms. The molecule has 1 aliphatic rings. The zero-order chi connectivity index (χ0) is 10.7. The monoisotopic (exact) mass is 221 g/mol. The fraction of sp³-hybridized carbons (Fsp3) is 0.636. The summed E-state index contributed by atoms with van der Waals surface area (Å²) in [5.41, 5.74) is 0.877. The molecule has 2 rings (SSSR count). The van der Waals surface area contributed by atoms with Crippen LogP contribution in [-0.2, 0) is 0 Å². The summed E-state index contributed by atoms with van der Waals surface area (Å²) < 4.78 is 0. The second kappa shape index (κ2) is 4.63. The van der Waals surface area contributed by atoms with Crippen molar-refractivity contribution < 1.29 is 0 Å². The molecule has 0 aromatic carbocycles. The number of hydrogen-bond acceptors (Lipinski definition) is 4. The molecule has 0 aliphatic carbocycles. The van der Waals surface area contributed by atoms with Crippen LogP contribution in [0.25, 0.3) is 0 Å². The van der Waals surface area contributed by atoms with Gasteiger partial charge in [0.2, 0.25) is 0 Å². The van der Waals surface area contributed by atoms with Gasteiger partial charge in [0.25, 0.3) is 0 Å². The van der Waals surface area contributed by atoms with Crippen LogP contribution in [0, 0.1) is 18.3 Å². The molecule has 2 heterocycles. The first-order valence-corrected chi connectivity index (χ1v) is 6.25. The smallest absolute Gasteiger partial charge is 0.186 e. The molecule has 1 fully saturated rings. The van der Waals surface area contributed by atoms with Gasteiger partial charge in [-0.25, -0.2) is 4.98 Å². The van der Waals surface area contributed by atoms with Gasteiger partial charge in [0.1, 0.15) is 10.9 Å². The standard InChI is InChI=1S/C11H15N3S/c1-9-10(8-12)15-11(13-9)14-6-4-2-3-5-7-14/h2-7H2,1H3. The molecule has 1 aromatic heterocycles. The van der Waals surface area contributed by atoms with Gasteiger partial charge in [0.15, 0.2) is 5.13 Å². The van der Waals surface area contributed by atoms with E-state index in [1.54, 1.807) is 0 Å². The second-order valence-corrected chi connectivity index (χ2v) is 4.90. The van der Waals surface area contributed by atoms with Gasteiger partial charge < -0.3 is 4.90 Å². The topological polar surface area (TPSA) is 39.9 Å². The van der Waals surface area contributed by atoms with Gasteiger partial charge in [-0.2, -0.15) is 5.26 Å². The lowest BCUT2D eigenvalue weighted by molar-refractivity contribution is 0.726. The van der Waals surface area contributed by atoms with E-state index in [2.05, 4.69) is 16.0 Å². The van der Waals surface area contributed by atoms with Crippen molar-refractivity contribution in [3.05, 3.63) is 10.6 Å². The SMILES string of the molecule is Cc1nc(N2CCCCCC2)sc1C#N. The van der Waals surface area contributed by atoms with E-state index < -0.39 is 0 Å². The number of thiazole rings is 1. The highest BCUT2D eigenvalue weighted by atomic mass is 32.1. The summed E-state index contributed by atoms with van der Waals surface area (Å²) in [6.07, 6.45) is 5.15. The Morgan fingerprint density at radius 1 is 1.27 bits per heavy atom. The Hall–Kier alpha value is -1.08. The molecule has 1 aromatic rings. The molecule has 0 N–H and O–H groups in total. The van der Waals surface area contributed by atoms with E-state index in [1.165, 1.54) is 37.0 Å². The largest absolute Gasteiger partial charge is 0.348 e. The number of aromatic nitrogens is 1. The van der Waals surface area contributed by atoms with Crippen LogP contribution in [0.3, 0.4) is 0 Å². The first-order valence-electron chi connectivity index (χ1n) is 5.44. The third-order valence-corrected chi connectivity index (χ3v) is 3.89. The number of anilines is 1. The third kappa shape index (κ3) is 2.29. The highest BCUT2D eigenvalue weighted by Crippen LogP contribution is 2.27.